The summed E-state index contributed by atoms with van der Waals surface area (Å²) in [4.78, 5) is 41.8. The van der Waals surface area contributed by atoms with Crippen molar-refractivity contribution in [3.05, 3.63) is 31.3 Å². The van der Waals surface area contributed by atoms with Crippen LogP contribution in [0.3, 0.4) is 0 Å². The monoisotopic (exact) mass is 407 g/mol. The zero-order valence-electron chi connectivity index (χ0n) is 17.0. The van der Waals surface area contributed by atoms with Crippen LogP contribution in [0.25, 0.3) is 10.2 Å². The van der Waals surface area contributed by atoms with Gasteiger partial charge in [0.15, 0.2) is 0 Å². The van der Waals surface area contributed by atoms with E-state index < -0.39 is 0 Å². The van der Waals surface area contributed by atoms with E-state index in [2.05, 4.69) is 13.8 Å². The largest absolute Gasteiger partial charge is 0.393 e. The summed E-state index contributed by atoms with van der Waals surface area (Å²) in [6, 6.07) is 0. The Kier molecular flexibility index (Phi) is 6.09. The number of hydrogen-bond acceptors (Lipinski definition) is 5. The first-order chi connectivity index (χ1) is 13.3. The molecule has 1 N–H and O–H groups in total. The number of aryl methyl sites for hydroxylation is 2. The molecule has 0 unspecified atom stereocenters. The number of rotatable bonds is 5. The fourth-order valence-corrected chi connectivity index (χ4v) is 4.96. The number of piperidine rings is 1. The molecule has 2 aromatic rings. The van der Waals surface area contributed by atoms with Gasteiger partial charge in [-0.15, -0.1) is 11.3 Å². The molecule has 2 aromatic heterocycles. The number of amides is 1. The van der Waals surface area contributed by atoms with Gasteiger partial charge in [-0.2, -0.15) is 0 Å². The van der Waals surface area contributed by atoms with Gasteiger partial charge in [-0.05, 0) is 44.6 Å². The van der Waals surface area contributed by atoms with E-state index in [1.54, 1.807) is 23.3 Å². The lowest BCUT2D eigenvalue weighted by atomic mass is 10.1. The number of carbonyl (C=O) groups is 1. The third-order valence-corrected chi connectivity index (χ3v) is 6.79. The van der Waals surface area contributed by atoms with Gasteiger partial charge < -0.3 is 10.0 Å². The predicted molar refractivity (Wildman–Crippen MR) is 111 cm³/mol. The molecular weight excluding hydrogens is 378 g/mol. The molecule has 1 aliphatic heterocycles. The summed E-state index contributed by atoms with van der Waals surface area (Å²) in [6.07, 6.45) is 1.60. The maximum absolute atomic E-state index is 13.1. The van der Waals surface area contributed by atoms with Gasteiger partial charge >= 0.3 is 5.69 Å². The molecule has 154 valence electrons. The number of likely N-dealkylation sites (tertiary alicyclic amines) is 1. The first-order valence-corrected chi connectivity index (χ1v) is 10.8. The number of hydrogen-bond donors (Lipinski definition) is 1. The van der Waals surface area contributed by atoms with Crippen molar-refractivity contribution in [2.75, 3.05) is 13.1 Å². The normalized spacial score (nSPS) is 15.7. The Hall–Kier alpha value is -1.93. The van der Waals surface area contributed by atoms with Crippen molar-refractivity contribution in [1.82, 2.24) is 14.0 Å². The van der Waals surface area contributed by atoms with Gasteiger partial charge in [0.05, 0.1) is 16.4 Å². The fourth-order valence-electron chi connectivity index (χ4n) is 3.67. The van der Waals surface area contributed by atoms with E-state index in [-0.39, 0.29) is 23.3 Å². The summed E-state index contributed by atoms with van der Waals surface area (Å²) in [6.45, 7) is 9.61. The van der Waals surface area contributed by atoms with Crippen LogP contribution in [0.4, 0.5) is 0 Å². The van der Waals surface area contributed by atoms with Crippen LogP contribution in [0.2, 0.25) is 0 Å². The van der Waals surface area contributed by atoms with Gasteiger partial charge in [0.25, 0.3) is 11.5 Å². The first-order valence-electron chi connectivity index (χ1n) is 10.00. The highest BCUT2D eigenvalue weighted by Crippen LogP contribution is 2.30. The summed E-state index contributed by atoms with van der Waals surface area (Å²) >= 11 is 1.25. The number of fused-ring (bicyclic) bond motifs is 1. The first kappa shape index (κ1) is 20.8. The number of thiophene rings is 1. The summed E-state index contributed by atoms with van der Waals surface area (Å²) < 4.78 is 2.92. The van der Waals surface area contributed by atoms with Crippen molar-refractivity contribution in [3.63, 3.8) is 0 Å². The van der Waals surface area contributed by atoms with E-state index in [9.17, 15) is 19.5 Å². The minimum absolute atomic E-state index is 0.115. The average Bonchev–Trinajstić information content (AvgIpc) is 2.99. The lowest BCUT2D eigenvalue weighted by Crippen LogP contribution is -2.40. The van der Waals surface area contributed by atoms with Crippen molar-refractivity contribution in [1.29, 1.82) is 0 Å². The van der Waals surface area contributed by atoms with Crippen LogP contribution in [0.15, 0.2) is 9.59 Å². The van der Waals surface area contributed by atoms with Crippen LogP contribution in [0, 0.1) is 12.8 Å². The Bertz CT molecular complexity index is 994. The topological polar surface area (TPSA) is 84.5 Å². The molecule has 0 spiro atoms. The van der Waals surface area contributed by atoms with E-state index in [0.29, 0.717) is 65.6 Å². The van der Waals surface area contributed by atoms with Crippen molar-refractivity contribution in [3.8, 4) is 0 Å². The molecule has 3 heterocycles. The average molecular weight is 408 g/mol. The quantitative estimate of drug-likeness (QED) is 0.823. The molecule has 0 aliphatic carbocycles. The Labute approximate surface area is 168 Å². The summed E-state index contributed by atoms with van der Waals surface area (Å²) in [7, 11) is 0. The zero-order valence-corrected chi connectivity index (χ0v) is 17.8. The summed E-state index contributed by atoms with van der Waals surface area (Å²) in [5, 5.41) is 10.2. The fraction of sp³-hybridized carbons (Fsp3) is 0.650. The van der Waals surface area contributed by atoms with E-state index in [1.807, 2.05) is 0 Å². The summed E-state index contributed by atoms with van der Waals surface area (Å²) in [5.41, 5.74) is 0.0359. The standard InChI is InChI=1S/C20H29N3O4S/c1-5-22-17(25)15-13(4)16(18(26)21-9-7-14(24)8-10-21)28-19(15)23(20(22)27)11-6-12(2)3/h12,14,24H,5-11H2,1-4H3. The van der Waals surface area contributed by atoms with E-state index in [0.717, 1.165) is 6.42 Å². The van der Waals surface area contributed by atoms with E-state index in [4.69, 9.17) is 0 Å². The number of aliphatic hydroxyl groups excluding tert-OH is 1. The maximum Gasteiger partial charge on any atom is 0.332 e. The van der Waals surface area contributed by atoms with Gasteiger partial charge in [0, 0.05) is 26.2 Å². The highest BCUT2D eigenvalue weighted by atomic mass is 32.1. The van der Waals surface area contributed by atoms with Crippen LogP contribution >= 0.6 is 11.3 Å². The van der Waals surface area contributed by atoms with Gasteiger partial charge in [-0.3, -0.25) is 18.7 Å². The van der Waals surface area contributed by atoms with Crippen molar-refractivity contribution in [2.45, 2.75) is 66.2 Å². The molecule has 7 nitrogen and oxygen atoms in total. The number of aromatic nitrogens is 2. The van der Waals surface area contributed by atoms with Crippen LogP contribution in [-0.2, 0) is 13.1 Å². The van der Waals surface area contributed by atoms with Gasteiger partial charge in [-0.25, -0.2) is 4.79 Å². The van der Waals surface area contributed by atoms with Crippen LogP contribution < -0.4 is 11.2 Å². The Morgan fingerprint density at radius 3 is 2.43 bits per heavy atom. The molecule has 0 bridgehead atoms. The highest BCUT2D eigenvalue weighted by Gasteiger charge is 2.28. The molecule has 1 saturated heterocycles. The number of carbonyl (C=O) groups excluding carboxylic acids is 1. The Morgan fingerprint density at radius 1 is 1.21 bits per heavy atom. The molecule has 1 amide bonds. The third kappa shape index (κ3) is 3.67. The molecule has 1 fully saturated rings. The Morgan fingerprint density at radius 2 is 1.86 bits per heavy atom. The SMILES string of the molecule is CCn1c(=O)c2c(C)c(C(=O)N3CCC(O)CC3)sc2n(CCC(C)C)c1=O. The third-order valence-electron chi connectivity index (χ3n) is 5.49. The van der Waals surface area contributed by atoms with Crippen LogP contribution in [0.5, 0.6) is 0 Å². The second kappa shape index (κ2) is 8.21. The second-order valence-electron chi connectivity index (χ2n) is 7.93. The van der Waals surface area contributed by atoms with E-state index in [1.165, 1.54) is 15.9 Å². The lowest BCUT2D eigenvalue weighted by molar-refractivity contribution is 0.0550. The molecule has 3 rings (SSSR count). The second-order valence-corrected chi connectivity index (χ2v) is 8.92. The summed E-state index contributed by atoms with van der Waals surface area (Å²) in [5.74, 6) is 0.307. The Balaban J connectivity index is 2.14. The molecular formula is C20H29N3O4S. The van der Waals surface area contributed by atoms with Crippen molar-refractivity contribution < 1.29 is 9.90 Å². The predicted octanol–water partition coefficient (Wildman–Crippen LogP) is 2.20. The molecule has 0 aromatic carbocycles. The van der Waals surface area contributed by atoms with E-state index >= 15 is 0 Å². The maximum atomic E-state index is 13.1. The smallest absolute Gasteiger partial charge is 0.332 e. The van der Waals surface area contributed by atoms with Gasteiger partial charge in [0.1, 0.15) is 4.83 Å². The van der Waals surface area contributed by atoms with Gasteiger partial charge in [-0.1, -0.05) is 13.8 Å². The van der Waals surface area contributed by atoms with Crippen molar-refractivity contribution in [2.24, 2.45) is 5.92 Å². The zero-order chi connectivity index (χ0) is 20.6. The lowest BCUT2D eigenvalue weighted by Gasteiger charge is -2.29. The highest BCUT2D eigenvalue weighted by molar-refractivity contribution is 7.20. The molecule has 0 radical (unpaired) electrons. The number of aliphatic hydroxyl groups is 1. The minimum Gasteiger partial charge on any atom is -0.393 e. The molecule has 0 saturated carbocycles. The van der Waals surface area contributed by atoms with Crippen LogP contribution in [0.1, 0.15) is 55.3 Å². The molecule has 8 heteroatoms. The molecule has 0 atom stereocenters. The van der Waals surface area contributed by atoms with Crippen LogP contribution in [-0.4, -0.2) is 44.2 Å². The van der Waals surface area contributed by atoms with Gasteiger partial charge in [0.2, 0.25) is 0 Å². The minimum atomic E-state index is -0.356. The molecule has 28 heavy (non-hydrogen) atoms. The number of nitrogens with zero attached hydrogens (tertiary/aromatic N) is 3. The van der Waals surface area contributed by atoms with Crippen molar-refractivity contribution >= 4 is 27.5 Å². The molecule has 1 aliphatic rings.